The first-order chi connectivity index (χ1) is 19.1. The van der Waals surface area contributed by atoms with Crippen molar-refractivity contribution in [2.75, 3.05) is 0 Å². The van der Waals surface area contributed by atoms with Gasteiger partial charge in [0.1, 0.15) is 0 Å². The Hall–Kier alpha value is -1.80. The standard InChI is InChI=1S/C21H25.C13H16.C5H5.2ClH.Hf/c1-20(2,3)16-7-9-18-14(12-16)11-15-13-17(21(4,5)6)8-10-19(15)18;1-2-3-4-5-7-10-13-11-8-6-9-12-13;1-2-4-5-3-1;;;/h7-13H,1-6H3;2,6,8-9,11-12H,1,3-5,7H2;1-5H;2*1H;/q;;;;;+2/p-2. The maximum absolute atomic E-state index is 3.99. The van der Waals surface area contributed by atoms with Gasteiger partial charge in [0.05, 0.1) is 0 Å². The van der Waals surface area contributed by atoms with Crippen molar-refractivity contribution < 1.29 is 45.8 Å². The molecular formula is C39H46Cl2Hf. The average Bonchev–Trinajstić information content (AvgIpc) is 3.56. The minimum Gasteiger partial charge on any atom is -1.00 e. The van der Waals surface area contributed by atoms with Gasteiger partial charge < -0.3 is 24.8 Å². The van der Waals surface area contributed by atoms with Crippen LogP contribution in [0.15, 0.2) is 104 Å². The summed E-state index contributed by atoms with van der Waals surface area (Å²) in [4.78, 5) is 0. The molecule has 3 aromatic carbocycles. The molecule has 0 fully saturated rings. The predicted molar refractivity (Wildman–Crippen MR) is 172 cm³/mol. The van der Waals surface area contributed by atoms with E-state index in [1.165, 1.54) is 47.1 Å². The smallest absolute Gasteiger partial charge is 1.00 e. The molecule has 2 aliphatic carbocycles. The molecule has 0 aromatic heterocycles. The summed E-state index contributed by atoms with van der Waals surface area (Å²) < 4.78 is 2.91. The van der Waals surface area contributed by atoms with Crippen molar-refractivity contribution in [2.45, 2.75) is 85.4 Å². The van der Waals surface area contributed by atoms with Gasteiger partial charge in [0, 0.05) is 0 Å². The average molecular weight is 764 g/mol. The second-order valence-electron chi connectivity index (χ2n) is 13.7. The van der Waals surface area contributed by atoms with Crippen LogP contribution in [-0.4, -0.2) is 3.26 Å². The molecule has 0 atom stereocenters. The molecule has 0 unspecified atom stereocenters. The van der Waals surface area contributed by atoms with E-state index in [1.807, 2.05) is 3.26 Å². The fraction of sp³-hybridized carbons (Fsp3) is 0.359. The van der Waals surface area contributed by atoms with Crippen LogP contribution >= 0.6 is 0 Å². The van der Waals surface area contributed by atoms with Crippen LogP contribution in [0, 0.1) is 0 Å². The summed E-state index contributed by atoms with van der Waals surface area (Å²) in [5.74, 6) is 0. The molecule has 0 nitrogen and oxygen atoms in total. The Morgan fingerprint density at radius 3 is 1.74 bits per heavy atom. The first-order valence-corrected chi connectivity index (χ1v) is 21.1. The van der Waals surface area contributed by atoms with Gasteiger partial charge in [-0.3, -0.25) is 0 Å². The molecule has 0 heterocycles. The Morgan fingerprint density at radius 2 is 1.26 bits per heavy atom. The third kappa shape index (κ3) is 7.28. The summed E-state index contributed by atoms with van der Waals surface area (Å²) >= 11 is -2.70. The van der Waals surface area contributed by atoms with Gasteiger partial charge in [-0.1, -0.05) is 0 Å². The van der Waals surface area contributed by atoms with Crippen LogP contribution in [-0.2, 0) is 31.8 Å². The third-order valence-corrected chi connectivity index (χ3v) is 21.6. The van der Waals surface area contributed by atoms with E-state index in [2.05, 4.69) is 145 Å². The Morgan fingerprint density at radius 1 is 0.738 bits per heavy atom. The monoisotopic (exact) mass is 764 g/mol. The number of allylic oxidation sites excluding steroid dienone is 5. The van der Waals surface area contributed by atoms with Gasteiger partial charge in [-0.25, -0.2) is 0 Å². The van der Waals surface area contributed by atoms with E-state index in [0.717, 1.165) is 6.42 Å². The minimum absolute atomic E-state index is 0. The Balaban J connectivity index is 0.00000242. The molecule has 0 spiro atoms. The van der Waals surface area contributed by atoms with Gasteiger partial charge in [0.2, 0.25) is 0 Å². The summed E-state index contributed by atoms with van der Waals surface area (Å²) in [5, 5.41) is 0. The Bertz CT molecular complexity index is 1400. The van der Waals surface area contributed by atoms with E-state index in [0.29, 0.717) is 7.35 Å². The van der Waals surface area contributed by atoms with Crippen LogP contribution in [0.1, 0.15) is 98.7 Å². The number of halogens is 2. The quantitative estimate of drug-likeness (QED) is 0.175. The van der Waals surface area contributed by atoms with E-state index in [-0.39, 0.29) is 35.6 Å². The molecule has 0 amide bonds. The molecule has 0 saturated heterocycles. The van der Waals surface area contributed by atoms with Gasteiger partial charge >= 0.3 is 252 Å². The van der Waals surface area contributed by atoms with E-state index < -0.39 is 21.0 Å². The maximum Gasteiger partial charge on any atom is -1.00 e. The van der Waals surface area contributed by atoms with Crippen LogP contribution in [0.2, 0.25) is 3.67 Å². The predicted octanol–water partition coefficient (Wildman–Crippen LogP) is 4.86. The summed E-state index contributed by atoms with van der Waals surface area (Å²) in [6.45, 7) is 18.1. The second-order valence-corrected chi connectivity index (χ2v) is 23.6. The van der Waals surface area contributed by atoms with E-state index >= 15 is 0 Å². The largest absolute Gasteiger partial charge is 1.00 e. The van der Waals surface area contributed by atoms with Crippen molar-refractivity contribution in [1.29, 1.82) is 0 Å². The maximum atomic E-state index is 3.99. The summed E-state index contributed by atoms with van der Waals surface area (Å²) in [7, 11) is 0. The molecule has 2 aliphatic rings. The first-order valence-electron chi connectivity index (χ1n) is 15.1. The van der Waals surface area contributed by atoms with E-state index in [4.69, 9.17) is 0 Å². The summed E-state index contributed by atoms with van der Waals surface area (Å²) in [5.41, 5.74) is 10.8. The van der Waals surface area contributed by atoms with E-state index in [9.17, 15) is 0 Å². The topological polar surface area (TPSA) is 0 Å². The zero-order chi connectivity index (χ0) is 28.5. The summed E-state index contributed by atoms with van der Waals surface area (Å²) in [6.07, 6.45) is 16.5. The fourth-order valence-corrected chi connectivity index (χ4v) is 20.4. The van der Waals surface area contributed by atoms with Crippen molar-refractivity contribution in [1.82, 2.24) is 0 Å². The molecule has 220 valence electrons. The van der Waals surface area contributed by atoms with Crippen molar-refractivity contribution >= 4 is 3.26 Å². The van der Waals surface area contributed by atoms with Crippen molar-refractivity contribution in [2.24, 2.45) is 0 Å². The van der Waals surface area contributed by atoms with Crippen LogP contribution in [0.3, 0.4) is 0 Å². The zero-order valence-electron chi connectivity index (χ0n) is 26.2. The van der Waals surface area contributed by atoms with Gasteiger partial charge in [0.25, 0.3) is 0 Å². The number of hydrogen-bond acceptors (Lipinski definition) is 0. The van der Waals surface area contributed by atoms with Crippen LogP contribution in [0.5, 0.6) is 0 Å². The van der Waals surface area contributed by atoms with Gasteiger partial charge in [0.15, 0.2) is 0 Å². The fourth-order valence-electron chi connectivity index (χ4n) is 6.42. The molecule has 0 radical (unpaired) electrons. The molecule has 3 aromatic rings. The molecule has 5 rings (SSSR count). The molecule has 42 heavy (non-hydrogen) atoms. The van der Waals surface area contributed by atoms with Crippen LogP contribution < -0.4 is 24.8 Å². The molecular weight excluding hydrogens is 718 g/mol. The minimum atomic E-state index is -2.70. The Labute approximate surface area is 275 Å². The molecule has 0 saturated carbocycles. The second kappa shape index (κ2) is 14.3. The summed E-state index contributed by atoms with van der Waals surface area (Å²) in [6, 6.07) is 26.3. The van der Waals surface area contributed by atoms with E-state index in [1.54, 1.807) is 11.1 Å². The zero-order valence-corrected chi connectivity index (χ0v) is 31.3. The molecule has 0 N–H and O–H groups in total. The SMILES string of the molecule is C=CCCCC[C](c1ccccc1)=[Hf+2]([CH]1C=CC=C1)[CH]1c2cc(C(C)(C)C)ccc2-c2ccc(C(C)(C)C)cc21.[Cl-].[Cl-]. The molecule has 0 bridgehead atoms. The van der Waals surface area contributed by atoms with Crippen molar-refractivity contribution in [3.63, 3.8) is 0 Å². The van der Waals surface area contributed by atoms with Crippen molar-refractivity contribution in [3.8, 4) is 11.1 Å². The van der Waals surface area contributed by atoms with Gasteiger partial charge in [-0.15, -0.1) is 0 Å². The van der Waals surface area contributed by atoms with Crippen molar-refractivity contribution in [3.05, 3.63) is 132 Å². The van der Waals surface area contributed by atoms with Crippen LogP contribution in [0.4, 0.5) is 0 Å². The number of benzene rings is 3. The van der Waals surface area contributed by atoms with Gasteiger partial charge in [-0.05, 0) is 0 Å². The normalized spacial score (nSPS) is 14.6. The third-order valence-electron chi connectivity index (χ3n) is 8.72. The van der Waals surface area contributed by atoms with Crippen LogP contribution in [0.25, 0.3) is 11.1 Å². The Kier molecular flexibility index (Phi) is 11.8. The number of fused-ring (bicyclic) bond motifs is 3. The number of hydrogen-bond donors (Lipinski definition) is 0. The number of unbranched alkanes of at least 4 members (excludes halogenated alkanes) is 2. The molecule has 3 heteroatoms. The molecule has 0 aliphatic heterocycles. The van der Waals surface area contributed by atoms with Gasteiger partial charge in [-0.2, -0.15) is 0 Å². The first kappa shape index (κ1) is 34.7. The number of rotatable bonds is 8.